The van der Waals surface area contributed by atoms with E-state index in [4.69, 9.17) is 4.74 Å². The van der Waals surface area contributed by atoms with Crippen LogP contribution < -0.4 is 4.90 Å². The Balaban J connectivity index is 3.02. The maximum Gasteiger partial charge on any atom is 0.107 e. The van der Waals surface area contributed by atoms with Crippen LogP contribution in [0.1, 0.15) is 18.6 Å². The molecular formula is C12H19NO2. The molecule has 0 spiro atoms. The first-order valence-corrected chi connectivity index (χ1v) is 5.05. The molecule has 0 amide bonds. The predicted molar refractivity (Wildman–Crippen MR) is 62.2 cm³/mol. The number of hydrogen-bond donors (Lipinski definition) is 1. The second kappa shape index (κ2) is 5.14. The first-order chi connectivity index (χ1) is 7.07. The van der Waals surface area contributed by atoms with E-state index in [0.29, 0.717) is 0 Å². The maximum atomic E-state index is 10.1. The Morgan fingerprint density at radius 3 is 2.40 bits per heavy atom. The summed E-state index contributed by atoms with van der Waals surface area (Å²) in [7, 11) is 5.53. The summed E-state index contributed by atoms with van der Waals surface area (Å²) in [6.45, 7) is 1.86. The van der Waals surface area contributed by atoms with E-state index in [1.165, 1.54) is 0 Å². The van der Waals surface area contributed by atoms with Gasteiger partial charge in [0.25, 0.3) is 0 Å². The van der Waals surface area contributed by atoms with Gasteiger partial charge in [0.1, 0.15) is 6.10 Å². The lowest BCUT2D eigenvalue weighted by molar-refractivity contribution is -0.00116. The van der Waals surface area contributed by atoms with E-state index >= 15 is 0 Å². The van der Waals surface area contributed by atoms with Crippen molar-refractivity contribution in [1.82, 2.24) is 0 Å². The molecule has 0 saturated carbocycles. The van der Waals surface area contributed by atoms with Gasteiger partial charge in [-0.3, -0.25) is 0 Å². The number of methoxy groups -OCH3 is 1. The molecule has 1 aromatic rings. The fraction of sp³-hybridized carbons (Fsp3) is 0.500. The minimum Gasteiger partial charge on any atom is -0.386 e. The number of benzene rings is 1. The summed E-state index contributed by atoms with van der Waals surface area (Å²) in [5, 5.41) is 10.1. The van der Waals surface area contributed by atoms with E-state index in [0.717, 1.165) is 11.3 Å². The van der Waals surface area contributed by atoms with Gasteiger partial charge in [0.15, 0.2) is 0 Å². The quantitative estimate of drug-likeness (QED) is 0.821. The van der Waals surface area contributed by atoms with Gasteiger partial charge in [0.05, 0.1) is 6.10 Å². The van der Waals surface area contributed by atoms with Crippen LogP contribution in [0.4, 0.5) is 5.69 Å². The smallest absolute Gasteiger partial charge is 0.107 e. The van der Waals surface area contributed by atoms with Crippen LogP contribution >= 0.6 is 0 Å². The summed E-state index contributed by atoms with van der Waals surface area (Å²) in [6, 6.07) is 7.80. The van der Waals surface area contributed by atoms with Crippen LogP contribution in [-0.4, -0.2) is 32.4 Å². The molecule has 3 heteroatoms. The average Bonchev–Trinajstić information content (AvgIpc) is 2.27. The van der Waals surface area contributed by atoms with Crippen LogP contribution in [0.5, 0.6) is 0 Å². The van der Waals surface area contributed by atoms with Gasteiger partial charge >= 0.3 is 0 Å². The van der Waals surface area contributed by atoms with Crippen molar-refractivity contribution < 1.29 is 9.84 Å². The highest BCUT2D eigenvalue weighted by Crippen LogP contribution is 2.27. The number of rotatable bonds is 4. The Morgan fingerprint density at radius 1 is 1.27 bits per heavy atom. The zero-order valence-corrected chi connectivity index (χ0v) is 9.77. The van der Waals surface area contributed by atoms with Crippen molar-refractivity contribution in [3.05, 3.63) is 29.8 Å². The number of aliphatic hydroxyl groups is 1. The largest absolute Gasteiger partial charge is 0.386 e. The van der Waals surface area contributed by atoms with Crippen molar-refractivity contribution in [2.45, 2.75) is 19.1 Å². The third-order valence-corrected chi connectivity index (χ3v) is 2.55. The first-order valence-electron chi connectivity index (χ1n) is 5.05. The number of hydrogen-bond acceptors (Lipinski definition) is 3. The SMILES string of the molecule is COC(C)C(O)c1ccccc1N(C)C. The molecular weight excluding hydrogens is 190 g/mol. The Kier molecular flexibility index (Phi) is 4.12. The number of para-hydroxylation sites is 1. The van der Waals surface area contributed by atoms with Crippen LogP contribution in [0, 0.1) is 0 Å². The molecule has 1 N–H and O–H groups in total. The molecule has 2 atom stereocenters. The molecule has 0 aromatic heterocycles. The third-order valence-electron chi connectivity index (χ3n) is 2.55. The molecule has 0 fully saturated rings. The van der Waals surface area contributed by atoms with Crippen LogP contribution in [0.3, 0.4) is 0 Å². The molecule has 0 saturated heterocycles. The molecule has 1 rings (SSSR count). The molecule has 84 valence electrons. The predicted octanol–water partition coefficient (Wildman–Crippen LogP) is 1.82. The highest BCUT2D eigenvalue weighted by molar-refractivity contribution is 5.53. The number of nitrogens with zero attached hydrogens (tertiary/aromatic N) is 1. The van der Waals surface area contributed by atoms with Crippen LogP contribution in [-0.2, 0) is 4.74 Å². The molecule has 0 heterocycles. The molecule has 0 bridgehead atoms. The van der Waals surface area contributed by atoms with Crippen molar-refractivity contribution in [3.63, 3.8) is 0 Å². The van der Waals surface area contributed by atoms with Gasteiger partial charge in [-0.15, -0.1) is 0 Å². The summed E-state index contributed by atoms with van der Waals surface area (Å²) in [5.74, 6) is 0. The molecule has 2 unspecified atom stereocenters. The van der Waals surface area contributed by atoms with Gasteiger partial charge in [-0.05, 0) is 13.0 Å². The van der Waals surface area contributed by atoms with Crippen molar-refractivity contribution in [3.8, 4) is 0 Å². The first kappa shape index (κ1) is 12.0. The molecule has 3 nitrogen and oxygen atoms in total. The van der Waals surface area contributed by atoms with Crippen molar-refractivity contribution in [1.29, 1.82) is 0 Å². The van der Waals surface area contributed by atoms with E-state index in [-0.39, 0.29) is 6.10 Å². The molecule has 0 aliphatic rings. The second-order valence-electron chi connectivity index (χ2n) is 3.84. The van der Waals surface area contributed by atoms with E-state index in [1.54, 1.807) is 7.11 Å². The minimum absolute atomic E-state index is 0.203. The summed E-state index contributed by atoms with van der Waals surface area (Å²) < 4.78 is 5.13. The van der Waals surface area contributed by atoms with Crippen LogP contribution in [0.15, 0.2) is 24.3 Å². The van der Waals surface area contributed by atoms with Gasteiger partial charge in [-0.25, -0.2) is 0 Å². The van der Waals surface area contributed by atoms with Crippen molar-refractivity contribution >= 4 is 5.69 Å². The summed E-state index contributed by atoms with van der Waals surface area (Å²) in [4.78, 5) is 1.99. The maximum absolute atomic E-state index is 10.1. The minimum atomic E-state index is -0.589. The average molecular weight is 209 g/mol. The monoisotopic (exact) mass is 209 g/mol. The Bertz CT molecular complexity index is 312. The highest BCUT2D eigenvalue weighted by atomic mass is 16.5. The van der Waals surface area contributed by atoms with E-state index in [9.17, 15) is 5.11 Å². The van der Waals surface area contributed by atoms with Crippen LogP contribution in [0.25, 0.3) is 0 Å². The molecule has 0 radical (unpaired) electrons. The third kappa shape index (κ3) is 2.70. The van der Waals surface area contributed by atoms with Gasteiger partial charge in [-0.1, -0.05) is 18.2 Å². The number of aliphatic hydroxyl groups excluding tert-OH is 1. The Labute approximate surface area is 91.3 Å². The fourth-order valence-electron chi connectivity index (χ4n) is 1.53. The van der Waals surface area contributed by atoms with Gasteiger partial charge in [0.2, 0.25) is 0 Å². The van der Waals surface area contributed by atoms with E-state index in [1.807, 2.05) is 50.2 Å². The zero-order valence-electron chi connectivity index (χ0n) is 9.77. The normalized spacial score (nSPS) is 14.7. The number of ether oxygens (including phenoxy) is 1. The standard InChI is InChI=1S/C12H19NO2/c1-9(15-4)12(14)10-7-5-6-8-11(10)13(2)3/h5-9,12,14H,1-4H3. The number of anilines is 1. The van der Waals surface area contributed by atoms with Crippen molar-refractivity contribution in [2.24, 2.45) is 0 Å². The van der Waals surface area contributed by atoms with Gasteiger partial charge in [-0.2, -0.15) is 0 Å². The summed E-state index contributed by atoms with van der Waals surface area (Å²) in [6.07, 6.45) is -0.792. The molecule has 1 aromatic carbocycles. The highest BCUT2D eigenvalue weighted by Gasteiger charge is 2.19. The molecule has 0 aliphatic heterocycles. The van der Waals surface area contributed by atoms with E-state index in [2.05, 4.69) is 0 Å². The topological polar surface area (TPSA) is 32.7 Å². The Morgan fingerprint density at radius 2 is 1.87 bits per heavy atom. The summed E-state index contributed by atoms with van der Waals surface area (Å²) in [5.41, 5.74) is 1.92. The second-order valence-corrected chi connectivity index (χ2v) is 3.84. The lowest BCUT2D eigenvalue weighted by Gasteiger charge is -2.23. The van der Waals surface area contributed by atoms with E-state index < -0.39 is 6.10 Å². The lowest BCUT2D eigenvalue weighted by atomic mass is 10.0. The zero-order chi connectivity index (χ0) is 11.4. The molecule has 0 aliphatic carbocycles. The van der Waals surface area contributed by atoms with Crippen LogP contribution in [0.2, 0.25) is 0 Å². The Hall–Kier alpha value is -1.06. The lowest BCUT2D eigenvalue weighted by Crippen LogP contribution is -2.20. The summed E-state index contributed by atoms with van der Waals surface area (Å²) >= 11 is 0. The van der Waals surface area contributed by atoms with Gasteiger partial charge in [0, 0.05) is 32.5 Å². The van der Waals surface area contributed by atoms with Crippen molar-refractivity contribution in [2.75, 3.05) is 26.1 Å². The fourth-order valence-corrected chi connectivity index (χ4v) is 1.53. The van der Waals surface area contributed by atoms with Gasteiger partial charge < -0.3 is 14.7 Å². The molecule has 15 heavy (non-hydrogen) atoms.